The highest BCUT2D eigenvalue weighted by atomic mass is 16.5. The fourth-order valence-corrected chi connectivity index (χ4v) is 2.12. The second-order valence-electron chi connectivity index (χ2n) is 5.11. The number of piperidine rings is 1. The number of hydrogen-bond acceptors (Lipinski definition) is 2. The second kappa shape index (κ2) is 4.63. The summed E-state index contributed by atoms with van der Waals surface area (Å²) in [4.78, 5) is 2.55. The van der Waals surface area contributed by atoms with Crippen molar-refractivity contribution in [3.63, 3.8) is 0 Å². The van der Waals surface area contributed by atoms with Crippen LogP contribution in [0.4, 0.5) is 0 Å². The Morgan fingerprint density at radius 2 is 1.79 bits per heavy atom. The first-order chi connectivity index (χ1) is 6.75. The van der Waals surface area contributed by atoms with Gasteiger partial charge in [0, 0.05) is 25.7 Å². The maximum atomic E-state index is 5.91. The van der Waals surface area contributed by atoms with Gasteiger partial charge in [0.25, 0.3) is 0 Å². The Balaban J connectivity index is 1.62. The molecule has 0 radical (unpaired) electrons. The van der Waals surface area contributed by atoms with Gasteiger partial charge >= 0.3 is 0 Å². The van der Waals surface area contributed by atoms with Gasteiger partial charge in [0.15, 0.2) is 0 Å². The highest BCUT2D eigenvalue weighted by Crippen LogP contribution is 2.30. The molecule has 0 atom stereocenters. The predicted octanol–water partition coefficient (Wildman–Crippen LogP) is 2.29. The maximum Gasteiger partial charge on any atom is 0.0599 e. The number of likely N-dealkylation sites (tertiary alicyclic amines) is 1. The van der Waals surface area contributed by atoms with E-state index in [9.17, 15) is 0 Å². The maximum absolute atomic E-state index is 5.91. The zero-order chi connectivity index (χ0) is 9.97. The molecule has 2 nitrogen and oxygen atoms in total. The lowest BCUT2D eigenvalue weighted by Crippen LogP contribution is -2.41. The Kier molecular flexibility index (Phi) is 3.45. The van der Waals surface area contributed by atoms with Crippen molar-refractivity contribution in [3.05, 3.63) is 0 Å². The lowest BCUT2D eigenvalue weighted by molar-refractivity contribution is -0.00330. The van der Waals surface area contributed by atoms with Crippen molar-refractivity contribution in [2.75, 3.05) is 19.7 Å². The number of hydrogen-bond donors (Lipinski definition) is 0. The molecule has 2 fully saturated rings. The number of nitrogens with zero attached hydrogens (tertiary/aromatic N) is 1. The molecule has 0 unspecified atom stereocenters. The summed E-state index contributed by atoms with van der Waals surface area (Å²) in [5, 5.41) is 0. The number of ether oxygens (including phenoxy) is 1. The van der Waals surface area contributed by atoms with Crippen LogP contribution in [0.2, 0.25) is 0 Å². The van der Waals surface area contributed by atoms with Crippen LogP contribution in [0.25, 0.3) is 0 Å². The minimum absolute atomic E-state index is 0.561. The van der Waals surface area contributed by atoms with Gasteiger partial charge in [-0.05, 0) is 45.4 Å². The molecular weight excluding hydrogens is 174 g/mol. The lowest BCUT2D eigenvalue weighted by atomic mass is 10.1. The summed E-state index contributed by atoms with van der Waals surface area (Å²) in [5.74, 6) is 0.915. The van der Waals surface area contributed by atoms with Crippen molar-refractivity contribution in [2.24, 2.45) is 5.92 Å². The quantitative estimate of drug-likeness (QED) is 0.685. The molecular formula is C12H23NO. The van der Waals surface area contributed by atoms with E-state index >= 15 is 0 Å². The van der Waals surface area contributed by atoms with Crippen LogP contribution in [0.3, 0.4) is 0 Å². The summed E-state index contributed by atoms with van der Waals surface area (Å²) in [7, 11) is 0. The van der Waals surface area contributed by atoms with Crippen LogP contribution >= 0.6 is 0 Å². The van der Waals surface area contributed by atoms with Crippen LogP contribution in [0.1, 0.15) is 39.5 Å². The lowest BCUT2D eigenvalue weighted by Gasteiger charge is -2.34. The molecule has 1 aliphatic heterocycles. The van der Waals surface area contributed by atoms with Crippen molar-refractivity contribution in [1.29, 1.82) is 0 Å². The van der Waals surface area contributed by atoms with Crippen LogP contribution in [0, 0.1) is 5.92 Å². The van der Waals surface area contributed by atoms with E-state index in [1.807, 2.05) is 0 Å². The van der Waals surface area contributed by atoms with Crippen LogP contribution in [0.5, 0.6) is 0 Å². The smallest absolute Gasteiger partial charge is 0.0599 e. The fourth-order valence-electron chi connectivity index (χ4n) is 2.12. The third-order valence-electron chi connectivity index (χ3n) is 3.47. The zero-order valence-corrected chi connectivity index (χ0v) is 9.54. The average Bonchev–Trinajstić information content (AvgIpc) is 2.99. The van der Waals surface area contributed by atoms with Crippen molar-refractivity contribution >= 4 is 0 Å². The van der Waals surface area contributed by atoms with Crippen molar-refractivity contribution < 1.29 is 4.74 Å². The first-order valence-corrected chi connectivity index (χ1v) is 6.11. The summed E-state index contributed by atoms with van der Waals surface area (Å²) >= 11 is 0. The van der Waals surface area contributed by atoms with E-state index in [0.29, 0.717) is 12.1 Å². The van der Waals surface area contributed by atoms with Gasteiger partial charge in [-0.1, -0.05) is 0 Å². The molecule has 0 amide bonds. The van der Waals surface area contributed by atoms with Gasteiger partial charge in [0.1, 0.15) is 0 Å². The Morgan fingerprint density at radius 3 is 2.29 bits per heavy atom. The van der Waals surface area contributed by atoms with Crippen molar-refractivity contribution in [3.8, 4) is 0 Å². The summed E-state index contributed by atoms with van der Waals surface area (Å²) in [6.07, 6.45) is 5.86. The molecule has 0 N–H and O–H groups in total. The van der Waals surface area contributed by atoms with Crippen molar-refractivity contribution in [1.82, 2.24) is 4.90 Å². The van der Waals surface area contributed by atoms with E-state index in [0.717, 1.165) is 12.5 Å². The summed E-state index contributed by atoms with van der Waals surface area (Å²) < 4.78 is 5.91. The van der Waals surface area contributed by atoms with Gasteiger partial charge in [0.2, 0.25) is 0 Å². The molecule has 0 bridgehead atoms. The molecule has 2 aliphatic rings. The van der Waals surface area contributed by atoms with Crippen LogP contribution < -0.4 is 0 Å². The minimum Gasteiger partial charge on any atom is -0.378 e. The van der Waals surface area contributed by atoms with Gasteiger partial charge in [-0.15, -0.1) is 0 Å². The third-order valence-corrected chi connectivity index (χ3v) is 3.47. The van der Waals surface area contributed by atoms with E-state index in [4.69, 9.17) is 4.74 Å². The van der Waals surface area contributed by atoms with E-state index < -0.39 is 0 Å². The number of rotatable bonds is 4. The van der Waals surface area contributed by atoms with Gasteiger partial charge in [-0.3, -0.25) is 0 Å². The topological polar surface area (TPSA) is 12.5 Å². The molecule has 2 heteroatoms. The highest BCUT2D eigenvalue weighted by molar-refractivity contribution is 4.77. The molecule has 1 saturated carbocycles. The van der Waals surface area contributed by atoms with Crippen LogP contribution in [0.15, 0.2) is 0 Å². The van der Waals surface area contributed by atoms with Crippen molar-refractivity contribution in [2.45, 2.75) is 51.7 Å². The summed E-state index contributed by atoms with van der Waals surface area (Å²) in [6, 6.07) is 0.708. The molecule has 1 aliphatic carbocycles. The first kappa shape index (κ1) is 10.4. The second-order valence-corrected chi connectivity index (χ2v) is 5.11. The zero-order valence-electron chi connectivity index (χ0n) is 9.54. The predicted molar refractivity (Wildman–Crippen MR) is 58.4 cm³/mol. The molecule has 0 aromatic rings. The Hall–Kier alpha value is -0.0800. The normalized spacial score (nSPS) is 25.9. The molecule has 14 heavy (non-hydrogen) atoms. The average molecular weight is 197 g/mol. The minimum atomic E-state index is 0.561. The molecule has 82 valence electrons. The first-order valence-electron chi connectivity index (χ1n) is 6.11. The monoisotopic (exact) mass is 197 g/mol. The highest BCUT2D eigenvalue weighted by Gasteiger charge is 2.25. The van der Waals surface area contributed by atoms with Gasteiger partial charge < -0.3 is 9.64 Å². The molecule has 0 spiro atoms. The van der Waals surface area contributed by atoms with E-state index in [-0.39, 0.29) is 0 Å². The molecule has 1 heterocycles. The standard InChI is InChI=1S/C12H23NO/c1-10(2)13-7-5-12(6-8-13)14-9-11-3-4-11/h10-12H,3-9H2,1-2H3. The van der Waals surface area contributed by atoms with Crippen LogP contribution in [-0.4, -0.2) is 36.7 Å². The molecule has 0 aromatic carbocycles. The largest absolute Gasteiger partial charge is 0.378 e. The fraction of sp³-hybridized carbons (Fsp3) is 1.00. The Bertz CT molecular complexity index is 169. The van der Waals surface area contributed by atoms with E-state index in [1.54, 1.807) is 0 Å². The summed E-state index contributed by atoms with van der Waals surface area (Å²) in [5.41, 5.74) is 0. The molecule has 1 saturated heterocycles. The molecule has 2 rings (SSSR count). The molecule has 0 aromatic heterocycles. The van der Waals surface area contributed by atoms with E-state index in [1.165, 1.54) is 38.8 Å². The SMILES string of the molecule is CC(C)N1CCC(OCC2CC2)CC1. The Morgan fingerprint density at radius 1 is 1.14 bits per heavy atom. The van der Waals surface area contributed by atoms with Gasteiger partial charge in [0.05, 0.1) is 6.10 Å². The Labute approximate surface area is 87.6 Å². The van der Waals surface area contributed by atoms with E-state index in [2.05, 4.69) is 18.7 Å². The summed E-state index contributed by atoms with van der Waals surface area (Å²) in [6.45, 7) is 8.06. The van der Waals surface area contributed by atoms with Gasteiger partial charge in [-0.2, -0.15) is 0 Å². The third kappa shape index (κ3) is 2.96. The van der Waals surface area contributed by atoms with Crippen LogP contribution in [-0.2, 0) is 4.74 Å². The van der Waals surface area contributed by atoms with Gasteiger partial charge in [-0.25, -0.2) is 0 Å².